The van der Waals surface area contributed by atoms with Crippen LogP contribution in [-0.2, 0) is 0 Å². The van der Waals surface area contributed by atoms with E-state index < -0.39 is 0 Å². The van der Waals surface area contributed by atoms with Gasteiger partial charge in [0.15, 0.2) is 5.78 Å². The third-order valence-corrected chi connectivity index (χ3v) is 1.79. The highest BCUT2D eigenvalue weighted by molar-refractivity contribution is 6.18. The molecule has 1 heterocycles. The molecule has 0 aromatic carbocycles. The molecule has 0 spiro atoms. The minimum Gasteiger partial charge on any atom is -0.294 e. The summed E-state index contributed by atoms with van der Waals surface area (Å²) in [4.78, 5) is 15.2. The molecule has 0 aliphatic rings. The Labute approximate surface area is 88.7 Å². The molecule has 1 rings (SSSR count). The van der Waals surface area contributed by atoms with Gasteiger partial charge in [-0.1, -0.05) is 0 Å². The fourth-order valence-corrected chi connectivity index (χ4v) is 1.03. The smallest absolute Gasteiger partial charge is 0.164 e. The molecule has 0 radical (unpaired) electrons. The molecule has 0 bridgehead atoms. The summed E-state index contributed by atoms with van der Waals surface area (Å²) in [5.74, 6) is 0.648. The van der Waals surface area contributed by atoms with E-state index in [2.05, 4.69) is 4.98 Å². The van der Waals surface area contributed by atoms with Crippen molar-refractivity contribution < 1.29 is 4.79 Å². The molecule has 0 aliphatic carbocycles. The van der Waals surface area contributed by atoms with Crippen molar-refractivity contribution in [3.8, 4) is 0 Å². The Kier molecular flexibility index (Phi) is 6.55. The maximum absolute atomic E-state index is 11.3. The Hall–Kier alpha value is -0.600. The van der Waals surface area contributed by atoms with Crippen molar-refractivity contribution in [3.05, 3.63) is 30.1 Å². The van der Waals surface area contributed by atoms with Crippen LogP contribution in [0.5, 0.6) is 0 Å². The molecule has 0 saturated carbocycles. The fourth-order valence-electron chi connectivity index (χ4n) is 0.899. The normalized spacial score (nSPS) is 9.00. The highest BCUT2D eigenvalue weighted by Gasteiger charge is 2.03. The first kappa shape index (κ1) is 12.4. The predicted molar refractivity (Wildman–Crippen MR) is 55.8 cm³/mol. The maximum Gasteiger partial charge on any atom is 0.164 e. The fraction of sp³-hybridized carbons (Fsp3) is 0.333. The molecule has 1 aromatic heterocycles. The largest absolute Gasteiger partial charge is 0.294 e. The molecule has 0 fully saturated rings. The third-order valence-electron chi connectivity index (χ3n) is 1.52. The molecule has 4 heteroatoms. The summed E-state index contributed by atoms with van der Waals surface area (Å²) in [5.41, 5.74) is 0.669. The van der Waals surface area contributed by atoms with E-state index in [0.29, 0.717) is 17.9 Å². The number of hydrogen-bond acceptors (Lipinski definition) is 2. The standard InChI is InChI=1S/C9H10ClNO.ClH/c10-5-1-4-9(12)8-3-2-6-11-7-8;/h2-3,6-7H,1,4-5H2;1H. The van der Waals surface area contributed by atoms with Crippen molar-refractivity contribution in [1.29, 1.82) is 0 Å². The Morgan fingerprint density at radius 3 is 2.85 bits per heavy atom. The Balaban J connectivity index is 0.00000144. The average molecular weight is 220 g/mol. The topological polar surface area (TPSA) is 30.0 Å². The first-order chi connectivity index (χ1) is 5.84. The van der Waals surface area contributed by atoms with Gasteiger partial charge in [0.25, 0.3) is 0 Å². The molecule has 72 valence electrons. The van der Waals surface area contributed by atoms with Gasteiger partial charge in [-0.25, -0.2) is 0 Å². The number of nitrogens with zero attached hydrogens (tertiary/aromatic N) is 1. The minimum atomic E-state index is 0. The van der Waals surface area contributed by atoms with Gasteiger partial charge in [0.05, 0.1) is 0 Å². The van der Waals surface area contributed by atoms with Gasteiger partial charge in [0.2, 0.25) is 0 Å². The number of carbonyl (C=O) groups excluding carboxylic acids is 1. The number of alkyl halides is 1. The van der Waals surface area contributed by atoms with Crippen LogP contribution in [0, 0.1) is 0 Å². The van der Waals surface area contributed by atoms with Gasteiger partial charge in [-0.15, -0.1) is 24.0 Å². The summed E-state index contributed by atoms with van der Waals surface area (Å²) < 4.78 is 0. The number of hydrogen-bond donors (Lipinski definition) is 0. The lowest BCUT2D eigenvalue weighted by Crippen LogP contribution is -1.99. The van der Waals surface area contributed by atoms with E-state index in [1.165, 1.54) is 0 Å². The van der Waals surface area contributed by atoms with Crippen molar-refractivity contribution in [3.63, 3.8) is 0 Å². The van der Waals surface area contributed by atoms with E-state index in [4.69, 9.17) is 11.6 Å². The number of carbonyl (C=O) groups is 1. The molecule has 1 aromatic rings. The lowest BCUT2D eigenvalue weighted by molar-refractivity contribution is 0.0981. The molecule has 2 nitrogen and oxygen atoms in total. The van der Waals surface area contributed by atoms with Gasteiger partial charge in [-0.05, 0) is 18.6 Å². The SMILES string of the molecule is Cl.O=C(CCCCl)c1cccnc1. The number of ketones is 1. The Morgan fingerprint density at radius 1 is 1.54 bits per heavy atom. The Bertz CT molecular complexity index is 251. The number of Topliss-reactive ketones (excluding diaryl/α,β-unsaturated/α-hetero) is 1. The number of aromatic nitrogens is 1. The van der Waals surface area contributed by atoms with Gasteiger partial charge < -0.3 is 0 Å². The van der Waals surface area contributed by atoms with Crippen LogP contribution in [0.15, 0.2) is 24.5 Å². The molecule has 13 heavy (non-hydrogen) atoms. The molecular weight excluding hydrogens is 209 g/mol. The van der Waals surface area contributed by atoms with Crippen LogP contribution in [0.2, 0.25) is 0 Å². The van der Waals surface area contributed by atoms with Crippen molar-refractivity contribution in [1.82, 2.24) is 4.98 Å². The van der Waals surface area contributed by atoms with Crippen LogP contribution >= 0.6 is 24.0 Å². The number of halogens is 2. The number of rotatable bonds is 4. The van der Waals surface area contributed by atoms with E-state index >= 15 is 0 Å². The second kappa shape index (κ2) is 6.87. The van der Waals surface area contributed by atoms with Crippen LogP contribution in [0.25, 0.3) is 0 Å². The van der Waals surface area contributed by atoms with Gasteiger partial charge >= 0.3 is 0 Å². The van der Waals surface area contributed by atoms with Crippen molar-refractivity contribution >= 4 is 29.8 Å². The number of pyridine rings is 1. The zero-order valence-electron chi connectivity index (χ0n) is 7.07. The van der Waals surface area contributed by atoms with Crippen LogP contribution in [-0.4, -0.2) is 16.6 Å². The summed E-state index contributed by atoms with van der Waals surface area (Å²) in [6.07, 6.45) is 4.47. The quantitative estimate of drug-likeness (QED) is 0.576. The van der Waals surface area contributed by atoms with E-state index in [9.17, 15) is 4.79 Å². The molecule has 0 N–H and O–H groups in total. The zero-order valence-corrected chi connectivity index (χ0v) is 8.64. The van der Waals surface area contributed by atoms with Gasteiger partial charge in [-0.3, -0.25) is 9.78 Å². The Morgan fingerprint density at radius 2 is 2.31 bits per heavy atom. The van der Waals surface area contributed by atoms with E-state index in [-0.39, 0.29) is 18.2 Å². The maximum atomic E-state index is 11.3. The lowest BCUT2D eigenvalue weighted by atomic mass is 10.1. The lowest BCUT2D eigenvalue weighted by Gasteiger charge is -1.96. The second-order valence-electron chi connectivity index (χ2n) is 2.46. The van der Waals surface area contributed by atoms with Gasteiger partial charge in [-0.2, -0.15) is 0 Å². The summed E-state index contributed by atoms with van der Waals surface area (Å²) in [6, 6.07) is 3.53. The third kappa shape index (κ3) is 4.25. The summed E-state index contributed by atoms with van der Waals surface area (Å²) in [5, 5.41) is 0. The van der Waals surface area contributed by atoms with Crippen molar-refractivity contribution in [2.75, 3.05) is 5.88 Å². The van der Waals surface area contributed by atoms with E-state index in [1.807, 2.05) is 0 Å². The molecule has 0 aliphatic heterocycles. The molecule has 0 amide bonds. The summed E-state index contributed by atoms with van der Waals surface area (Å²) in [6.45, 7) is 0. The zero-order chi connectivity index (χ0) is 8.81. The highest BCUT2D eigenvalue weighted by atomic mass is 35.5. The second-order valence-corrected chi connectivity index (χ2v) is 2.84. The predicted octanol–water partition coefficient (Wildman–Crippen LogP) is 2.71. The molecule has 0 saturated heterocycles. The van der Waals surface area contributed by atoms with Gasteiger partial charge in [0, 0.05) is 30.3 Å². The summed E-state index contributed by atoms with van der Waals surface area (Å²) >= 11 is 5.47. The van der Waals surface area contributed by atoms with E-state index in [0.717, 1.165) is 6.42 Å². The van der Waals surface area contributed by atoms with Crippen LogP contribution in [0.1, 0.15) is 23.2 Å². The van der Waals surface area contributed by atoms with Crippen LogP contribution in [0.4, 0.5) is 0 Å². The average Bonchev–Trinajstić information content (AvgIpc) is 2.15. The van der Waals surface area contributed by atoms with Crippen molar-refractivity contribution in [2.45, 2.75) is 12.8 Å². The molecule has 0 unspecified atom stereocenters. The van der Waals surface area contributed by atoms with Gasteiger partial charge in [0.1, 0.15) is 0 Å². The van der Waals surface area contributed by atoms with Crippen LogP contribution < -0.4 is 0 Å². The highest BCUT2D eigenvalue weighted by Crippen LogP contribution is 2.03. The van der Waals surface area contributed by atoms with Crippen molar-refractivity contribution in [2.24, 2.45) is 0 Å². The first-order valence-electron chi connectivity index (χ1n) is 3.84. The van der Waals surface area contributed by atoms with E-state index in [1.54, 1.807) is 24.5 Å². The monoisotopic (exact) mass is 219 g/mol. The molecule has 0 atom stereocenters. The minimum absolute atomic E-state index is 0. The summed E-state index contributed by atoms with van der Waals surface area (Å²) in [7, 11) is 0. The van der Waals surface area contributed by atoms with Crippen LogP contribution in [0.3, 0.4) is 0 Å². The first-order valence-corrected chi connectivity index (χ1v) is 4.37. The molecular formula is C9H11Cl2NO.